The number of hydrogen-bond acceptors (Lipinski definition) is 0. The standard InChI is InChI=1S/C13H15F/c1-9(2)11(4)8-12-10(3)6-5-7-13(12)14/h5-9H,3-4H2,1-2H3/b12-8+. The summed E-state index contributed by atoms with van der Waals surface area (Å²) in [6.07, 6.45) is 1.77. The number of halogens is 1. The minimum atomic E-state index is -0.237. The molecule has 1 rings (SSSR count). The highest BCUT2D eigenvalue weighted by Crippen LogP contribution is 2.06. The first-order chi connectivity index (χ1) is 6.52. The highest BCUT2D eigenvalue weighted by Gasteiger charge is 1.98. The van der Waals surface area contributed by atoms with Crippen LogP contribution < -0.4 is 10.4 Å². The second-order valence-corrected chi connectivity index (χ2v) is 3.69. The summed E-state index contributed by atoms with van der Waals surface area (Å²) in [4.78, 5) is 0. The predicted octanol–water partition coefficient (Wildman–Crippen LogP) is 2.23. The summed E-state index contributed by atoms with van der Waals surface area (Å²) < 4.78 is 13.4. The van der Waals surface area contributed by atoms with E-state index in [-0.39, 0.29) is 5.82 Å². The summed E-state index contributed by atoms with van der Waals surface area (Å²) >= 11 is 0. The van der Waals surface area contributed by atoms with Crippen LogP contribution in [0.1, 0.15) is 13.8 Å². The predicted molar refractivity (Wildman–Crippen MR) is 59.6 cm³/mol. The average Bonchev–Trinajstić information content (AvgIpc) is 2.11. The lowest BCUT2D eigenvalue weighted by Crippen LogP contribution is -2.26. The fourth-order valence-electron chi connectivity index (χ4n) is 1.10. The van der Waals surface area contributed by atoms with Crippen LogP contribution in [0.15, 0.2) is 30.4 Å². The van der Waals surface area contributed by atoms with Crippen LogP contribution in [-0.4, -0.2) is 0 Å². The zero-order chi connectivity index (χ0) is 10.7. The number of hydrogen-bond donors (Lipinski definition) is 0. The molecular formula is C13H15F. The van der Waals surface area contributed by atoms with E-state index < -0.39 is 0 Å². The molecule has 0 saturated heterocycles. The van der Waals surface area contributed by atoms with Gasteiger partial charge in [0.1, 0.15) is 5.82 Å². The van der Waals surface area contributed by atoms with Crippen molar-refractivity contribution in [2.75, 3.05) is 0 Å². The summed E-state index contributed by atoms with van der Waals surface area (Å²) in [6.45, 7) is 11.7. The van der Waals surface area contributed by atoms with E-state index in [0.717, 1.165) is 5.57 Å². The lowest BCUT2D eigenvalue weighted by Gasteiger charge is -2.03. The first kappa shape index (κ1) is 10.7. The molecule has 0 N–H and O–H groups in total. The van der Waals surface area contributed by atoms with Gasteiger partial charge in [0.15, 0.2) is 0 Å². The van der Waals surface area contributed by atoms with Gasteiger partial charge in [0.05, 0.1) is 0 Å². The molecule has 0 unspecified atom stereocenters. The van der Waals surface area contributed by atoms with Gasteiger partial charge in [0.2, 0.25) is 0 Å². The first-order valence-electron chi connectivity index (χ1n) is 4.66. The molecule has 0 aliphatic heterocycles. The van der Waals surface area contributed by atoms with Gasteiger partial charge in [-0.05, 0) is 23.3 Å². The largest absolute Gasteiger partial charge is 0.206 e. The minimum absolute atomic E-state index is 0.237. The fraction of sp³-hybridized carbons (Fsp3) is 0.231. The van der Waals surface area contributed by atoms with Gasteiger partial charge in [0, 0.05) is 5.22 Å². The Labute approximate surface area is 84.1 Å². The van der Waals surface area contributed by atoms with E-state index in [0.29, 0.717) is 16.4 Å². The maximum absolute atomic E-state index is 13.4. The SMILES string of the molecule is C=C(/C=c1/c(F)cccc1=C)C(C)C. The zero-order valence-corrected chi connectivity index (χ0v) is 8.68. The van der Waals surface area contributed by atoms with E-state index in [9.17, 15) is 4.39 Å². The summed E-state index contributed by atoms with van der Waals surface area (Å²) in [7, 11) is 0. The van der Waals surface area contributed by atoms with E-state index in [2.05, 4.69) is 13.2 Å². The van der Waals surface area contributed by atoms with Crippen LogP contribution in [0.5, 0.6) is 0 Å². The lowest BCUT2D eigenvalue weighted by atomic mass is 10.0. The van der Waals surface area contributed by atoms with Crippen LogP contribution in [0.2, 0.25) is 0 Å². The molecule has 0 amide bonds. The summed E-state index contributed by atoms with van der Waals surface area (Å²) in [6, 6.07) is 4.89. The van der Waals surface area contributed by atoms with Crippen LogP contribution in [0, 0.1) is 11.7 Å². The van der Waals surface area contributed by atoms with Gasteiger partial charge in [-0.25, -0.2) is 4.39 Å². The van der Waals surface area contributed by atoms with Gasteiger partial charge in [-0.2, -0.15) is 0 Å². The third kappa shape index (κ3) is 2.32. The van der Waals surface area contributed by atoms with Crippen LogP contribution in [-0.2, 0) is 0 Å². The van der Waals surface area contributed by atoms with Gasteiger partial charge >= 0.3 is 0 Å². The molecule has 0 nitrogen and oxygen atoms in total. The van der Waals surface area contributed by atoms with Gasteiger partial charge in [-0.15, -0.1) is 0 Å². The summed E-state index contributed by atoms with van der Waals surface area (Å²) in [5.41, 5.74) is 0.917. The number of rotatable bonds is 2. The van der Waals surface area contributed by atoms with Crippen molar-refractivity contribution < 1.29 is 4.39 Å². The highest BCUT2D eigenvalue weighted by atomic mass is 19.1. The Bertz CT molecular complexity index is 441. The highest BCUT2D eigenvalue weighted by molar-refractivity contribution is 5.46. The van der Waals surface area contributed by atoms with Crippen LogP contribution in [0.4, 0.5) is 4.39 Å². The van der Waals surface area contributed by atoms with Crippen LogP contribution >= 0.6 is 0 Å². The minimum Gasteiger partial charge on any atom is -0.206 e. The topological polar surface area (TPSA) is 0 Å². The third-order valence-corrected chi connectivity index (χ3v) is 2.21. The summed E-state index contributed by atoms with van der Waals surface area (Å²) in [5, 5.41) is 1.25. The zero-order valence-electron chi connectivity index (χ0n) is 8.68. The Morgan fingerprint density at radius 1 is 1.43 bits per heavy atom. The third-order valence-electron chi connectivity index (χ3n) is 2.21. The molecule has 14 heavy (non-hydrogen) atoms. The Balaban J connectivity index is 3.32. The summed E-state index contributed by atoms with van der Waals surface area (Å²) in [5.74, 6) is 0.0910. The molecule has 1 heteroatoms. The van der Waals surface area contributed by atoms with E-state index in [1.807, 2.05) is 13.8 Å². The maximum Gasteiger partial charge on any atom is 0.131 e. The van der Waals surface area contributed by atoms with E-state index >= 15 is 0 Å². The lowest BCUT2D eigenvalue weighted by molar-refractivity contribution is 0.617. The van der Waals surface area contributed by atoms with Gasteiger partial charge in [0.25, 0.3) is 0 Å². The molecular weight excluding hydrogens is 175 g/mol. The second kappa shape index (κ2) is 4.23. The molecule has 0 spiro atoms. The van der Waals surface area contributed by atoms with Crippen molar-refractivity contribution in [2.45, 2.75) is 13.8 Å². The molecule has 0 atom stereocenters. The monoisotopic (exact) mass is 190 g/mol. The number of benzene rings is 1. The van der Waals surface area contributed by atoms with E-state index in [4.69, 9.17) is 0 Å². The van der Waals surface area contributed by atoms with Crippen molar-refractivity contribution in [3.05, 3.63) is 46.6 Å². The Morgan fingerprint density at radius 2 is 2.07 bits per heavy atom. The van der Waals surface area contributed by atoms with Crippen molar-refractivity contribution in [2.24, 2.45) is 5.92 Å². The Morgan fingerprint density at radius 3 is 2.57 bits per heavy atom. The molecule has 1 aromatic rings. The molecule has 0 radical (unpaired) electrons. The molecule has 0 fully saturated rings. The Hall–Kier alpha value is -1.37. The van der Waals surface area contributed by atoms with Crippen LogP contribution in [0.3, 0.4) is 0 Å². The van der Waals surface area contributed by atoms with Crippen LogP contribution in [0.25, 0.3) is 12.7 Å². The maximum atomic E-state index is 13.4. The molecule has 0 bridgehead atoms. The first-order valence-corrected chi connectivity index (χ1v) is 4.66. The molecule has 0 saturated carbocycles. The molecule has 0 heterocycles. The smallest absolute Gasteiger partial charge is 0.131 e. The second-order valence-electron chi connectivity index (χ2n) is 3.69. The van der Waals surface area contributed by atoms with Gasteiger partial charge in [-0.3, -0.25) is 0 Å². The molecule has 74 valence electrons. The van der Waals surface area contributed by atoms with Gasteiger partial charge in [-0.1, -0.05) is 44.7 Å². The van der Waals surface area contributed by atoms with E-state index in [1.165, 1.54) is 6.07 Å². The quantitative estimate of drug-likeness (QED) is 0.671. The van der Waals surface area contributed by atoms with Crippen molar-refractivity contribution in [1.82, 2.24) is 0 Å². The van der Waals surface area contributed by atoms with Gasteiger partial charge < -0.3 is 0 Å². The molecule has 0 aliphatic carbocycles. The Kier molecular flexibility index (Phi) is 3.23. The van der Waals surface area contributed by atoms with Crippen molar-refractivity contribution >= 4 is 12.7 Å². The molecule has 0 aliphatic rings. The molecule has 1 aromatic carbocycles. The van der Waals surface area contributed by atoms with E-state index in [1.54, 1.807) is 18.2 Å². The normalized spacial score (nSPS) is 12.1. The van der Waals surface area contributed by atoms with Crippen molar-refractivity contribution in [3.8, 4) is 0 Å². The number of allylic oxidation sites excluding steroid dienone is 1. The van der Waals surface area contributed by atoms with Crippen molar-refractivity contribution in [1.29, 1.82) is 0 Å². The average molecular weight is 190 g/mol. The van der Waals surface area contributed by atoms with Crippen molar-refractivity contribution in [3.63, 3.8) is 0 Å². The fourth-order valence-corrected chi connectivity index (χ4v) is 1.10. The molecule has 0 aromatic heterocycles.